The Labute approximate surface area is 225 Å². The van der Waals surface area contributed by atoms with Crippen LogP contribution in [0.1, 0.15) is 46.8 Å². The molecular weight excluding hydrogens is 505 g/mol. The second-order valence-electron chi connectivity index (χ2n) is 10.6. The van der Waals surface area contributed by atoms with Crippen LogP contribution in [0.4, 0.5) is 21.7 Å². The lowest BCUT2D eigenvalue weighted by molar-refractivity contribution is -0.0117. The first kappa shape index (κ1) is 25.4. The first-order valence-electron chi connectivity index (χ1n) is 13.3. The number of hydrogen-bond donors (Lipinski definition) is 1. The fraction of sp³-hybridized carbons (Fsp3) is 0.519. The number of hydrogen-bond acceptors (Lipinski definition) is 9. The number of carbonyl (C=O) groups is 1. The number of aromatic nitrogens is 2. The number of carbonyl (C=O) groups excluding carboxylic acids is 1. The zero-order valence-electron chi connectivity index (χ0n) is 21.9. The summed E-state index contributed by atoms with van der Waals surface area (Å²) in [6.07, 6.45) is 7.84. The molecular formula is C27H34FN7O2S. The standard InChI is InChI=1S/C27H34FN7O2S/c1-32(2)27(36)25-24(17-5-3-4-6-17)20-12-23(30-14-22(20)38-25)35(29)26-21(28)11-18(13-31-26)34-8-7-33-9-10-37-16-19(33)15-34/h11-14,17,19H,3-10,15-16,29H2,1-2H3/t19-/m1/s1. The normalized spacial score (nSPS) is 20.6. The van der Waals surface area contributed by atoms with Crippen molar-refractivity contribution in [2.45, 2.75) is 37.6 Å². The van der Waals surface area contributed by atoms with Gasteiger partial charge in [-0.15, -0.1) is 11.3 Å². The molecule has 3 aromatic heterocycles. The number of rotatable bonds is 5. The van der Waals surface area contributed by atoms with Crippen LogP contribution in [0.25, 0.3) is 10.1 Å². The highest BCUT2D eigenvalue weighted by atomic mass is 32.1. The molecule has 38 heavy (non-hydrogen) atoms. The Balaban J connectivity index is 1.29. The Morgan fingerprint density at radius 3 is 2.74 bits per heavy atom. The van der Waals surface area contributed by atoms with E-state index < -0.39 is 5.82 Å². The van der Waals surface area contributed by atoms with Crippen molar-refractivity contribution in [3.05, 3.63) is 40.8 Å². The molecule has 11 heteroatoms. The topological polar surface area (TPSA) is 91.1 Å². The van der Waals surface area contributed by atoms with Gasteiger partial charge in [-0.3, -0.25) is 9.69 Å². The summed E-state index contributed by atoms with van der Waals surface area (Å²) < 4.78 is 22.0. The molecule has 0 spiro atoms. The molecule has 5 heterocycles. The Bertz CT molecular complexity index is 1340. The van der Waals surface area contributed by atoms with Crippen molar-refractivity contribution in [2.24, 2.45) is 5.84 Å². The SMILES string of the molecule is CN(C)C(=O)c1sc2cnc(N(N)c3ncc(N4CCN5CCOC[C@H]5C4)cc3F)cc2c1C1CCCC1. The molecule has 6 rings (SSSR count). The highest BCUT2D eigenvalue weighted by Gasteiger charge is 2.31. The van der Waals surface area contributed by atoms with Crippen molar-refractivity contribution >= 4 is 44.7 Å². The van der Waals surface area contributed by atoms with Crippen LogP contribution in [0, 0.1) is 5.82 Å². The van der Waals surface area contributed by atoms with Crippen LogP contribution in [0.2, 0.25) is 0 Å². The molecule has 3 aliphatic rings. The lowest BCUT2D eigenvalue weighted by Gasteiger charge is -2.44. The van der Waals surface area contributed by atoms with Crippen molar-refractivity contribution < 1.29 is 13.9 Å². The molecule has 0 unspecified atom stereocenters. The van der Waals surface area contributed by atoms with Crippen LogP contribution < -0.4 is 15.8 Å². The number of fused-ring (bicyclic) bond motifs is 2. The summed E-state index contributed by atoms with van der Waals surface area (Å²) >= 11 is 1.47. The van der Waals surface area contributed by atoms with E-state index in [2.05, 4.69) is 19.8 Å². The van der Waals surface area contributed by atoms with Gasteiger partial charge < -0.3 is 14.5 Å². The Kier molecular flexibility index (Phi) is 6.93. The van der Waals surface area contributed by atoms with Crippen molar-refractivity contribution in [1.29, 1.82) is 0 Å². The van der Waals surface area contributed by atoms with Crippen molar-refractivity contribution in [1.82, 2.24) is 19.8 Å². The number of hydrazine groups is 1. The third kappa shape index (κ3) is 4.61. The first-order chi connectivity index (χ1) is 18.4. The first-order valence-corrected chi connectivity index (χ1v) is 14.1. The molecule has 1 aliphatic carbocycles. The monoisotopic (exact) mass is 539 g/mol. The fourth-order valence-electron chi connectivity index (χ4n) is 5.98. The van der Waals surface area contributed by atoms with E-state index in [0.29, 0.717) is 24.4 Å². The average Bonchev–Trinajstić information content (AvgIpc) is 3.59. The minimum atomic E-state index is -0.501. The van der Waals surface area contributed by atoms with Crippen LogP contribution in [-0.4, -0.2) is 85.2 Å². The lowest BCUT2D eigenvalue weighted by atomic mass is 9.94. The van der Waals surface area contributed by atoms with Crippen LogP contribution in [0.5, 0.6) is 0 Å². The van der Waals surface area contributed by atoms with Gasteiger partial charge in [-0.25, -0.2) is 25.2 Å². The molecule has 1 atom stereocenters. The minimum absolute atomic E-state index is 0.00294. The van der Waals surface area contributed by atoms with Crippen LogP contribution >= 0.6 is 11.3 Å². The summed E-state index contributed by atoms with van der Waals surface area (Å²) in [6.45, 7) is 4.93. The summed E-state index contributed by atoms with van der Waals surface area (Å²) in [5.74, 6) is 6.64. The molecule has 2 aliphatic heterocycles. The molecule has 0 radical (unpaired) electrons. The fourth-order valence-corrected chi connectivity index (χ4v) is 7.25. The second-order valence-corrected chi connectivity index (χ2v) is 11.7. The van der Waals surface area contributed by atoms with Crippen LogP contribution in [0.3, 0.4) is 0 Å². The van der Waals surface area contributed by atoms with E-state index >= 15 is 4.39 Å². The third-order valence-corrected chi connectivity index (χ3v) is 9.19. The highest BCUT2D eigenvalue weighted by Crippen LogP contribution is 2.44. The number of halogens is 1. The Morgan fingerprint density at radius 2 is 1.97 bits per heavy atom. The van der Waals surface area contributed by atoms with Crippen molar-refractivity contribution in [3.8, 4) is 0 Å². The molecule has 1 amide bonds. The molecule has 1 saturated carbocycles. The number of piperazine rings is 1. The van der Waals surface area contributed by atoms with E-state index in [1.807, 2.05) is 6.07 Å². The van der Waals surface area contributed by atoms with E-state index in [0.717, 1.165) is 84.7 Å². The maximum absolute atomic E-state index is 15.4. The van der Waals surface area contributed by atoms with Gasteiger partial charge in [-0.2, -0.15) is 0 Å². The number of morpholine rings is 1. The molecule has 2 saturated heterocycles. The molecule has 2 N–H and O–H groups in total. The molecule has 202 valence electrons. The number of thiophene rings is 1. The Hall–Kier alpha value is -2.86. The van der Waals surface area contributed by atoms with Gasteiger partial charge in [0.2, 0.25) is 0 Å². The number of anilines is 3. The van der Waals surface area contributed by atoms with Gasteiger partial charge >= 0.3 is 0 Å². The van der Waals surface area contributed by atoms with Gasteiger partial charge in [0.05, 0.1) is 40.7 Å². The Morgan fingerprint density at radius 1 is 1.16 bits per heavy atom. The van der Waals surface area contributed by atoms with Gasteiger partial charge in [0.1, 0.15) is 5.82 Å². The van der Waals surface area contributed by atoms with E-state index in [-0.39, 0.29) is 11.7 Å². The smallest absolute Gasteiger partial charge is 0.263 e. The van der Waals surface area contributed by atoms with Gasteiger partial charge in [-0.05, 0) is 30.4 Å². The molecule has 3 aromatic rings. The highest BCUT2D eigenvalue weighted by molar-refractivity contribution is 7.21. The van der Waals surface area contributed by atoms with Gasteiger partial charge in [-0.1, -0.05) is 12.8 Å². The number of nitrogens with two attached hydrogens (primary N) is 1. The number of pyridine rings is 2. The number of amides is 1. The summed E-state index contributed by atoms with van der Waals surface area (Å²) in [5.41, 5.74) is 1.81. The largest absolute Gasteiger partial charge is 0.378 e. The second kappa shape index (κ2) is 10.4. The number of ether oxygens (including phenoxy) is 1. The predicted octanol–water partition coefficient (Wildman–Crippen LogP) is 3.72. The lowest BCUT2D eigenvalue weighted by Crippen LogP contribution is -2.58. The molecule has 0 aromatic carbocycles. The summed E-state index contributed by atoms with van der Waals surface area (Å²) in [4.78, 5) is 28.9. The molecule has 0 bridgehead atoms. The summed E-state index contributed by atoms with van der Waals surface area (Å²) in [6, 6.07) is 3.69. The van der Waals surface area contributed by atoms with Crippen molar-refractivity contribution in [2.75, 3.05) is 63.4 Å². The third-order valence-electron chi connectivity index (χ3n) is 8.05. The van der Waals surface area contributed by atoms with E-state index in [4.69, 9.17) is 10.6 Å². The van der Waals surface area contributed by atoms with Crippen LogP contribution in [-0.2, 0) is 4.74 Å². The molecule has 9 nitrogen and oxygen atoms in total. The maximum Gasteiger partial charge on any atom is 0.263 e. The summed E-state index contributed by atoms with van der Waals surface area (Å²) in [7, 11) is 3.55. The zero-order chi connectivity index (χ0) is 26.4. The zero-order valence-corrected chi connectivity index (χ0v) is 22.7. The molecule has 3 fully saturated rings. The minimum Gasteiger partial charge on any atom is -0.378 e. The maximum atomic E-state index is 15.4. The number of nitrogens with zero attached hydrogens (tertiary/aromatic N) is 6. The predicted molar refractivity (Wildman–Crippen MR) is 148 cm³/mol. The van der Waals surface area contributed by atoms with Crippen molar-refractivity contribution in [3.63, 3.8) is 0 Å². The summed E-state index contributed by atoms with van der Waals surface area (Å²) in [5, 5.41) is 2.17. The average molecular weight is 540 g/mol. The van der Waals surface area contributed by atoms with E-state index in [9.17, 15) is 4.79 Å². The quantitative estimate of drug-likeness (QED) is 0.388. The van der Waals surface area contributed by atoms with E-state index in [1.165, 1.54) is 22.4 Å². The van der Waals surface area contributed by atoms with Crippen LogP contribution in [0.15, 0.2) is 24.5 Å². The van der Waals surface area contributed by atoms with Gasteiger partial charge in [0, 0.05) is 57.9 Å². The van der Waals surface area contributed by atoms with Gasteiger partial charge in [0.25, 0.3) is 5.91 Å². The van der Waals surface area contributed by atoms with Gasteiger partial charge in [0.15, 0.2) is 11.6 Å². The van der Waals surface area contributed by atoms with E-state index in [1.54, 1.807) is 31.4 Å².